The normalized spacial score (nSPS) is 11.5. The molecule has 0 saturated carbocycles. The zero-order valence-electron chi connectivity index (χ0n) is 17.1. The molecule has 1 heterocycles. The van der Waals surface area contributed by atoms with Crippen molar-refractivity contribution < 1.29 is 22.1 Å². The van der Waals surface area contributed by atoms with Gasteiger partial charge in [-0.3, -0.25) is 4.79 Å². The molecule has 0 aliphatic rings. The van der Waals surface area contributed by atoms with E-state index >= 15 is 0 Å². The number of pyridine rings is 1. The maximum Gasteiger partial charge on any atom is 0.306 e. The molecule has 0 unspecified atom stereocenters. The van der Waals surface area contributed by atoms with Gasteiger partial charge in [0.15, 0.2) is 5.75 Å². The molecule has 1 aromatic heterocycles. The van der Waals surface area contributed by atoms with Crippen molar-refractivity contribution in [2.24, 2.45) is 11.7 Å². The van der Waals surface area contributed by atoms with Crippen molar-refractivity contribution in [1.82, 2.24) is 10.3 Å². The highest BCUT2D eigenvalue weighted by molar-refractivity contribution is 7.86. The van der Waals surface area contributed by atoms with E-state index in [-0.39, 0.29) is 11.4 Å². The van der Waals surface area contributed by atoms with Gasteiger partial charge >= 0.3 is 10.1 Å². The summed E-state index contributed by atoms with van der Waals surface area (Å²) in [6.07, 6.45) is 3.39. The second-order valence-corrected chi connectivity index (χ2v) is 8.74. The van der Waals surface area contributed by atoms with Gasteiger partial charge in [-0.25, -0.2) is 4.98 Å². The highest BCUT2D eigenvalue weighted by Crippen LogP contribution is 2.35. The Bertz CT molecular complexity index is 957. The molecule has 1 aromatic carbocycles. The van der Waals surface area contributed by atoms with E-state index in [0.29, 0.717) is 35.1 Å². The maximum absolute atomic E-state index is 11.8. The predicted molar refractivity (Wildman–Crippen MR) is 111 cm³/mol. The van der Waals surface area contributed by atoms with Gasteiger partial charge in [-0.2, -0.15) is 8.42 Å². The van der Waals surface area contributed by atoms with Crippen molar-refractivity contribution >= 4 is 16.0 Å². The fourth-order valence-corrected chi connectivity index (χ4v) is 3.11. The number of aromatic nitrogens is 1. The lowest BCUT2D eigenvalue weighted by Crippen LogP contribution is -2.18. The Morgan fingerprint density at radius 2 is 1.97 bits per heavy atom. The predicted octanol–water partition coefficient (Wildman–Crippen LogP) is 2.76. The summed E-state index contributed by atoms with van der Waals surface area (Å²) in [5.41, 5.74) is 6.56. The van der Waals surface area contributed by atoms with Gasteiger partial charge in [-0.15, -0.1) is 0 Å². The number of nitrogens with zero attached hydrogens (tertiary/aromatic N) is 1. The Morgan fingerprint density at radius 1 is 1.24 bits per heavy atom. The fraction of sp³-hybridized carbons (Fsp3) is 0.400. The van der Waals surface area contributed by atoms with Gasteiger partial charge in [0, 0.05) is 17.7 Å². The van der Waals surface area contributed by atoms with E-state index < -0.39 is 16.0 Å². The Balaban J connectivity index is 2.27. The summed E-state index contributed by atoms with van der Waals surface area (Å²) in [5.74, 6) is 0.977. The average Bonchev–Trinajstić information content (AvgIpc) is 2.62. The second-order valence-electron chi connectivity index (χ2n) is 7.17. The minimum atomic E-state index is -3.72. The molecule has 0 aliphatic heterocycles. The van der Waals surface area contributed by atoms with Crippen molar-refractivity contribution in [2.45, 2.75) is 33.7 Å². The third-order valence-electron chi connectivity index (χ3n) is 4.10. The summed E-state index contributed by atoms with van der Waals surface area (Å²) in [4.78, 5) is 15.1. The molecule has 0 atom stereocenters. The lowest BCUT2D eigenvalue weighted by atomic mass is 10.1. The Hall–Kier alpha value is -2.65. The van der Waals surface area contributed by atoms with E-state index in [1.165, 1.54) is 12.3 Å². The highest BCUT2D eigenvalue weighted by atomic mass is 32.2. The molecule has 0 saturated heterocycles. The summed E-state index contributed by atoms with van der Waals surface area (Å²) >= 11 is 0. The third kappa shape index (κ3) is 7.03. The summed E-state index contributed by atoms with van der Waals surface area (Å²) in [6, 6.07) is 6.52. The first-order valence-electron chi connectivity index (χ1n) is 9.23. The van der Waals surface area contributed by atoms with Crippen molar-refractivity contribution in [1.29, 1.82) is 0 Å². The SMILES string of the molecule is Cc1c(Oc2ccc(C(N)=O)nc2)ccc(CNCCC(C)C)c1OS(C)(=O)=O. The third-order valence-corrected chi connectivity index (χ3v) is 4.57. The summed E-state index contributed by atoms with van der Waals surface area (Å²) in [6.45, 7) is 7.28. The molecular formula is C20H27N3O5S. The van der Waals surface area contributed by atoms with Crippen LogP contribution in [0, 0.1) is 12.8 Å². The maximum atomic E-state index is 11.8. The largest absolute Gasteiger partial charge is 0.455 e. The van der Waals surface area contributed by atoms with E-state index in [4.69, 9.17) is 14.7 Å². The molecule has 0 radical (unpaired) electrons. The van der Waals surface area contributed by atoms with Crippen molar-refractivity contribution in [2.75, 3.05) is 12.8 Å². The number of carbonyl (C=O) groups excluding carboxylic acids is 1. The Kier molecular flexibility index (Phi) is 7.58. The minimum Gasteiger partial charge on any atom is -0.455 e. The van der Waals surface area contributed by atoms with Crippen LogP contribution in [0.2, 0.25) is 0 Å². The molecule has 8 nitrogen and oxygen atoms in total. The van der Waals surface area contributed by atoms with Gasteiger partial charge in [0.25, 0.3) is 5.91 Å². The van der Waals surface area contributed by atoms with Crippen LogP contribution >= 0.6 is 0 Å². The first-order chi connectivity index (χ1) is 13.6. The van der Waals surface area contributed by atoms with Gasteiger partial charge in [0.1, 0.15) is 17.2 Å². The molecule has 0 spiro atoms. The summed E-state index contributed by atoms with van der Waals surface area (Å²) < 4.78 is 34.6. The molecule has 2 aromatic rings. The molecule has 158 valence electrons. The Labute approximate surface area is 171 Å². The molecule has 2 rings (SSSR count). The standard InChI is InChI=1S/C20H27N3O5S/c1-13(2)9-10-22-11-15-5-8-18(14(3)19(15)28-29(4,25)26)27-16-6-7-17(20(21)24)23-12-16/h5-8,12-13,22H,9-11H2,1-4H3,(H2,21,24). The number of hydrogen-bond donors (Lipinski definition) is 2. The van der Waals surface area contributed by atoms with Gasteiger partial charge in [-0.1, -0.05) is 19.9 Å². The van der Waals surface area contributed by atoms with E-state index in [9.17, 15) is 13.2 Å². The quantitative estimate of drug-likeness (QED) is 0.447. The summed E-state index contributed by atoms with van der Waals surface area (Å²) in [7, 11) is -3.72. The van der Waals surface area contributed by atoms with Crippen LogP contribution in [0.4, 0.5) is 0 Å². The first kappa shape index (κ1) is 22.6. The van der Waals surface area contributed by atoms with Gasteiger partial charge in [-0.05, 0) is 44.0 Å². The average molecular weight is 422 g/mol. The van der Waals surface area contributed by atoms with Gasteiger partial charge in [0.05, 0.1) is 12.5 Å². The molecule has 29 heavy (non-hydrogen) atoms. The first-order valence-corrected chi connectivity index (χ1v) is 11.0. The number of benzene rings is 1. The van der Waals surface area contributed by atoms with Crippen molar-refractivity contribution in [3.05, 3.63) is 47.3 Å². The lowest BCUT2D eigenvalue weighted by Gasteiger charge is -2.17. The topological polar surface area (TPSA) is 121 Å². The van der Waals surface area contributed by atoms with Crippen LogP contribution in [-0.2, 0) is 16.7 Å². The fourth-order valence-electron chi connectivity index (χ4n) is 2.57. The zero-order chi connectivity index (χ0) is 21.6. The van der Waals surface area contributed by atoms with Crippen LogP contribution in [0.1, 0.15) is 41.9 Å². The van der Waals surface area contributed by atoms with Crippen molar-refractivity contribution in [3.8, 4) is 17.2 Å². The van der Waals surface area contributed by atoms with Gasteiger partial charge in [0.2, 0.25) is 0 Å². The molecule has 0 fully saturated rings. The number of hydrogen-bond acceptors (Lipinski definition) is 7. The van der Waals surface area contributed by atoms with E-state index in [0.717, 1.165) is 19.2 Å². The van der Waals surface area contributed by atoms with E-state index in [1.807, 2.05) is 0 Å². The monoisotopic (exact) mass is 421 g/mol. The van der Waals surface area contributed by atoms with Crippen LogP contribution in [0.15, 0.2) is 30.5 Å². The number of carbonyl (C=O) groups is 1. The second kappa shape index (κ2) is 9.71. The number of amides is 1. The smallest absolute Gasteiger partial charge is 0.306 e. The molecular weight excluding hydrogens is 394 g/mol. The molecule has 3 N–H and O–H groups in total. The van der Waals surface area contributed by atoms with Crippen molar-refractivity contribution in [3.63, 3.8) is 0 Å². The highest BCUT2D eigenvalue weighted by Gasteiger charge is 2.17. The number of primary amides is 1. The molecule has 0 bridgehead atoms. The molecule has 0 aliphatic carbocycles. The number of nitrogens with two attached hydrogens (primary N) is 1. The van der Waals surface area contributed by atoms with Crippen LogP contribution in [-0.4, -0.2) is 32.1 Å². The molecule has 9 heteroatoms. The number of ether oxygens (including phenoxy) is 1. The van der Waals surface area contributed by atoms with E-state index in [2.05, 4.69) is 24.1 Å². The van der Waals surface area contributed by atoms with Crippen LogP contribution < -0.4 is 20.0 Å². The number of nitrogens with one attached hydrogen (secondary N) is 1. The Morgan fingerprint density at radius 3 is 2.52 bits per heavy atom. The zero-order valence-corrected chi connectivity index (χ0v) is 17.9. The van der Waals surface area contributed by atoms with E-state index in [1.54, 1.807) is 25.1 Å². The van der Waals surface area contributed by atoms with Crippen LogP contribution in [0.5, 0.6) is 17.2 Å². The van der Waals surface area contributed by atoms with Crippen LogP contribution in [0.25, 0.3) is 0 Å². The molecule has 1 amide bonds. The van der Waals surface area contributed by atoms with Gasteiger partial charge < -0.3 is 20.0 Å². The summed E-state index contributed by atoms with van der Waals surface area (Å²) in [5, 5.41) is 3.30. The van der Waals surface area contributed by atoms with Crippen LogP contribution in [0.3, 0.4) is 0 Å². The number of rotatable bonds is 10. The lowest BCUT2D eigenvalue weighted by molar-refractivity contribution is 0.0995. The minimum absolute atomic E-state index is 0.123.